The van der Waals surface area contributed by atoms with Crippen molar-refractivity contribution in [1.29, 1.82) is 0 Å². The minimum Gasteiger partial charge on any atom is -0.464 e. The Kier molecular flexibility index (Phi) is 3.98. The summed E-state index contributed by atoms with van der Waals surface area (Å²) in [4.78, 5) is 23.4. The standard InChI is InChI=1S/C13H11IN2O3/c1-8-7-16(10-5-3-4-9(14)6-10)15-11(12(8)17)13(18)19-2/h3-7H,1-2H3. The molecule has 0 aliphatic rings. The molecule has 0 atom stereocenters. The lowest BCUT2D eigenvalue weighted by molar-refractivity contribution is 0.0590. The first kappa shape index (κ1) is 13.7. The molecule has 1 aromatic carbocycles. The Labute approximate surface area is 123 Å². The van der Waals surface area contributed by atoms with Crippen molar-refractivity contribution in [3.63, 3.8) is 0 Å². The third-order valence-electron chi connectivity index (χ3n) is 2.55. The zero-order valence-corrected chi connectivity index (χ0v) is 12.5. The Bertz CT molecular complexity index is 695. The van der Waals surface area contributed by atoms with Crippen molar-refractivity contribution in [2.75, 3.05) is 7.11 Å². The monoisotopic (exact) mass is 370 g/mol. The highest BCUT2D eigenvalue weighted by atomic mass is 127. The van der Waals surface area contributed by atoms with E-state index >= 15 is 0 Å². The Morgan fingerprint density at radius 1 is 1.42 bits per heavy atom. The number of esters is 1. The predicted molar refractivity (Wildman–Crippen MR) is 78.6 cm³/mol. The van der Waals surface area contributed by atoms with Crippen LogP contribution in [0.5, 0.6) is 0 Å². The van der Waals surface area contributed by atoms with Crippen molar-refractivity contribution in [3.05, 3.63) is 55.5 Å². The van der Waals surface area contributed by atoms with Gasteiger partial charge in [0.2, 0.25) is 11.1 Å². The van der Waals surface area contributed by atoms with Gasteiger partial charge in [0.15, 0.2) is 0 Å². The van der Waals surface area contributed by atoms with Crippen LogP contribution in [0.25, 0.3) is 5.69 Å². The SMILES string of the molecule is COC(=O)c1nn(-c2cccc(I)c2)cc(C)c1=O. The first-order chi connectivity index (χ1) is 9.02. The van der Waals surface area contributed by atoms with Crippen molar-refractivity contribution in [3.8, 4) is 5.69 Å². The number of carbonyl (C=O) groups excluding carboxylic acids is 1. The fraction of sp³-hybridized carbons (Fsp3) is 0.154. The Morgan fingerprint density at radius 2 is 2.16 bits per heavy atom. The van der Waals surface area contributed by atoms with E-state index in [9.17, 15) is 9.59 Å². The number of hydrogen-bond donors (Lipinski definition) is 0. The molecule has 0 N–H and O–H groups in total. The van der Waals surface area contributed by atoms with Crippen LogP contribution in [0, 0.1) is 10.5 Å². The molecule has 5 nitrogen and oxygen atoms in total. The number of benzene rings is 1. The first-order valence-corrected chi connectivity index (χ1v) is 6.55. The molecule has 2 aromatic rings. The largest absolute Gasteiger partial charge is 0.464 e. The zero-order chi connectivity index (χ0) is 14.0. The Balaban J connectivity index is 2.63. The van der Waals surface area contributed by atoms with E-state index < -0.39 is 11.4 Å². The van der Waals surface area contributed by atoms with Crippen molar-refractivity contribution < 1.29 is 9.53 Å². The van der Waals surface area contributed by atoms with Gasteiger partial charge in [0.05, 0.1) is 12.8 Å². The molecule has 1 heterocycles. The number of aromatic nitrogens is 2. The van der Waals surface area contributed by atoms with Gasteiger partial charge in [-0.2, -0.15) is 5.10 Å². The summed E-state index contributed by atoms with van der Waals surface area (Å²) >= 11 is 2.18. The van der Waals surface area contributed by atoms with Gasteiger partial charge in [-0.1, -0.05) is 6.07 Å². The molecule has 0 aliphatic carbocycles. The van der Waals surface area contributed by atoms with E-state index in [0.717, 1.165) is 9.26 Å². The molecule has 0 bridgehead atoms. The number of methoxy groups -OCH3 is 1. The number of aryl methyl sites for hydroxylation is 1. The second-order valence-electron chi connectivity index (χ2n) is 3.91. The number of ether oxygens (including phenoxy) is 1. The van der Waals surface area contributed by atoms with Crippen LogP contribution in [0.2, 0.25) is 0 Å². The summed E-state index contributed by atoms with van der Waals surface area (Å²) in [6, 6.07) is 7.57. The van der Waals surface area contributed by atoms with Crippen LogP contribution in [0.15, 0.2) is 35.3 Å². The van der Waals surface area contributed by atoms with Crippen LogP contribution in [0.3, 0.4) is 0 Å². The van der Waals surface area contributed by atoms with Crippen LogP contribution in [-0.2, 0) is 4.74 Å². The van der Waals surface area contributed by atoms with Crippen LogP contribution >= 0.6 is 22.6 Å². The molecule has 0 saturated carbocycles. The van der Waals surface area contributed by atoms with Crippen molar-refractivity contribution in [1.82, 2.24) is 9.78 Å². The van der Waals surface area contributed by atoms with Crippen molar-refractivity contribution >= 4 is 28.6 Å². The average Bonchev–Trinajstić information content (AvgIpc) is 2.40. The number of halogens is 1. The maximum Gasteiger partial charge on any atom is 0.362 e. The zero-order valence-electron chi connectivity index (χ0n) is 10.4. The number of nitrogens with zero attached hydrogens (tertiary/aromatic N) is 2. The summed E-state index contributed by atoms with van der Waals surface area (Å²) in [5.74, 6) is -0.729. The summed E-state index contributed by atoms with van der Waals surface area (Å²) in [5, 5.41) is 4.04. The van der Waals surface area contributed by atoms with E-state index in [1.165, 1.54) is 11.8 Å². The molecule has 0 amide bonds. The maximum absolute atomic E-state index is 11.8. The van der Waals surface area contributed by atoms with Gasteiger partial charge in [-0.25, -0.2) is 9.48 Å². The number of rotatable bonds is 2. The van der Waals surface area contributed by atoms with Crippen molar-refractivity contribution in [2.24, 2.45) is 0 Å². The highest BCUT2D eigenvalue weighted by Crippen LogP contribution is 2.11. The Hall–Kier alpha value is -1.70. The lowest BCUT2D eigenvalue weighted by Gasteiger charge is -2.08. The second-order valence-corrected chi connectivity index (χ2v) is 5.15. The Morgan fingerprint density at radius 3 is 2.79 bits per heavy atom. The predicted octanol–water partition coefficient (Wildman–Crippen LogP) is 1.93. The van der Waals surface area contributed by atoms with E-state index in [1.807, 2.05) is 24.3 Å². The van der Waals surface area contributed by atoms with Crippen LogP contribution in [-0.4, -0.2) is 22.9 Å². The van der Waals surface area contributed by atoms with Gasteiger partial charge in [0.25, 0.3) is 0 Å². The summed E-state index contributed by atoms with van der Waals surface area (Å²) in [7, 11) is 1.22. The van der Waals surface area contributed by atoms with Crippen LogP contribution in [0.4, 0.5) is 0 Å². The van der Waals surface area contributed by atoms with Gasteiger partial charge >= 0.3 is 5.97 Å². The van der Waals surface area contributed by atoms with Gasteiger partial charge in [-0.15, -0.1) is 0 Å². The number of carbonyl (C=O) groups is 1. The molecule has 98 valence electrons. The molecule has 6 heteroatoms. The molecule has 1 aromatic heterocycles. The summed E-state index contributed by atoms with van der Waals surface area (Å²) < 4.78 is 7.11. The topological polar surface area (TPSA) is 61.2 Å². The lowest BCUT2D eigenvalue weighted by Crippen LogP contribution is -2.24. The molecule has 0 unspecified atom stereocenters. The average molecular weight is 370 g/mol. The van der Waals surface area contributed by atoms with Gasteiger partial charge < -0.3 is 4.74 Å². The lowest BCUT2D eigenvalue weighted by atomic mass is 10.2. The van der Waals surface area contributed by atoms with Crippen molar-refractivity contribution in [2.45, 2.75) is 6.92 Å². The minimum absolute atomic E-state index is 0.207. The quantitative estimate of drug-likeness (QED) is 0.599. The minimum atomic E-state index is -0.729. The van der Waals surface area contributed by atoms with Crippen LogP contribution < -0.4 is 5.43 Å². The van der Waals surface area contributed by atoms with E-state index in [0.29, 0.717) is 5.56 Å². The molecular weight excluding hydrogens is 359 g/mol. The van der Waals surface area contributed by atoms with E-state index in [-0.39, 0.29) is 5.69 Å². The highest BCUT2D eigenvalue weighted by molar-refractivity contribution is 14.1. The molecule has 2 rings (SSSR count). The smallest absolute Gasteiger partial charge is 0.362 e. The first-order valence-electron chi connectivity index (χ1n) is 5.48. The second kappa shape index (κ2) is 5.52. The van der Waals surface area contributed by atoms with E-state index in [2.05, 4.69) is 32.4 Å². The third-order valence-corrected chi connectivity index (χ3v) is 3.22. The summed E-state index contributed by atoms with van der Waals surface area (Å²) in [5.41, 5.74) is 0.601. The summed E-state index contributed by atoms with van der Waals surface area (Å²) in [6.45, 7) is 1.64. The van der Waals surface area contributed by atoms with Crippen LogP contribution in [0.1, 0.15) is 16.1 Å². The molecule has 0 radical (unpaired) electrons. The molecule has 0 fully saturated rings. The summed E-state index contributed by atoms with van der Waals surface area (Å²) in [6.07, 6.45) is 1.60. The number of hydrogen-bond acceptors (Lipinski definition) is 4. The molecule has 0 saturated heterocycles. The van der Waals surface area contributed by atoms with Gasteiger partial charge in [-0.3, -0.25) is 4.79 Å². The molecule has 0 aliphatic heterocycles. The fourth-order valence-electron chi connectivity index (χ4n) is 1.59. The van der Waals surface area contributed by atoms with E-state index in [4.69, 9.17) is 0 Å². The fourth-order valence-corrected chi connectivity index (χ4v) is 2.12. The molecular formula is C13H11IN2O3. The maximum atomic E-state index is 11.8. The molecule has 19 heavy (non-hydrogen) atoms. The molecule has 0 spiro atoms. The van der Waals surface area contributed by atoms with Gasteiger partial charge in [-0.05, 0) is 47.7 Å². The van der Waals surface area contributed by atoms with E-state index in [1.54, 1.807) is 13.1 Å². The van der Waals surface area contributed by atoms with Gasteiger partial charge in [0, 0.05) is 15.3 Å². The highest BCUT2D eigenvalue weighted by Gasteiger charge is 2.16. The third kappa shape index (κ3) is 2.83. The normalized spacial score (nSPS) is 10.3. The van der Waals surface area contributed by atoms with Gasteiger partial charge in [0.1, 0.15) is 0 Å².